The van der Waals surface area contributed by atoms with Gasteiger partial charge in [0.25, 0.3) is 0 Å². The Morgan fingerprint density at radius 2 is 2.00 bits per heavy atom. The summed E-state index contributed by atoms with van der Waals surface area (Å²) in [7, 11) is 1.96. The molecule has 3 heteroatoms. The van der Waals surface area contributed by atoms with Crippen LogP contribution in [0.1, 0.15) is 46.1 Å². The van der Waals surface area contributed by atoms with E-state index in [0.717, 1.165) is 11.3 Å². The average Bonchev–Trinajstić information content (AvgIpc) is 2.84. The van der Waals surface area contributed by atoms with Crippen molar-refractivity contribution in [2.45, 2.75) is 32.6 Å². The lowest BCUT2D eigenvalue weighted by Crippen LogP contribution is -2.00. The Kier molecular flexibility index (Phi) is 1.91. The first-order chi connectivity index (χ1) is 6.54. The third-order valence-corrected chi connectivity index (χ3v) is 3.16. The van der Waals surface area contributed by atoms with Gasteiger partial charge in [-0.1, -0.05) is 0 Å². The van der Waals surface area contributed by atoms with Crippen molar-refractivity contribution >= 4 is 5.97 Å². The molecule has 0 atom stereocenters. The summed E-state index contributed by atoms with van der Waals surface area (Å²) >= 11 is 0. The first kappa shape index (κ1) is 9.31. The molecule has 1 aromatic heterocycles. The van der Waals surface area contributed by atoms with E-state index in [4.69, 9.17) is 5.11 Å². The second-order valence-electron chi connectivity index (χ2n) is 4.11. The van der Waals surface area contributed by atoms with Gasteiger partial charge in [0.05, 0.1) is 5.56 Å². The Bertz CT molecular complexity index is 400. The zero-order valence-corrected chi connectivity index (χ0v) is 8.79. The van der Waals surface area contributed by atoms with E-state index < -0.39 is 5.97 Å². The first-order valence-electron chi connectivity index (χ1n) is 4.93. The molecule has 1 fully saturated rings. The Morgan fingerprint density at radius 3 is 2.36 bits per heavy atom. The molecule has 1 saturated carbocycles. The average molecular weight is 193 g/mol. The highest BCUT2D eigenvalue weighted by Gasteiger charge is 2.31. The largest absolute Gasteiger partial charge is 0.478 e. The highest BCUT2D eigenvalue weighted by molar-refractivity contribution is 5.91. The summed E-state index contributed by atoms with van der Waals surface area (Å²) in [6.45, 7) is 3.80. The minimum Gasteiger partial charge on any atom is -0.478 e. The van der Waals surface area contributed by atoms with E-state index >= 15 is 0 Å². The minimum atomic E-state index is -0.803. The quantitative estimate of drug-likeness (QED) is 0.782. The molecular formula is C11H15NO2. The predicted octanol–water partition coefficient (Wildman–Crippen LogP) is 2.22. The van der Waals surface area contributed by atoms with E-state index in [2.05, 4.69) is 0 Å². The molecule has 76 valence electrons. The normalized spacial score (nSPS) is 15.9. The standard InChI is InChI=1S/C11H15NO2/c1-6-9(11(13)14)7(2)12(3)10(6)8-4-5-8/h8H,4-5H2,1-3H3,(H,13,14). The molecule has 1 aromatic rings. The van der Waals surface area contributed by atoms with Gasteiger partial charge in [0.2, 0.25) is 0 Å². The van der Waals surface area contributed by atoms with Crippen molar-refractivity contribution in [3.05, 3.63) is 22.5 Å². The predicted molar refractivity (Wildman–Crippen MR) is 53.8 cm³/mol. The zero-order valence-electron chi connectivity index (χ0n) is 8.79. The molecule has 0 bridgehead atoms. The third kappa shape index (κ3) is 1.15. The van der Waals surface area contributed by atoms with Crippen LogP contribution < -0.4 is 0 Å². The summed E-state index contributed by atoms with van der Waals surface area (Å²) in [6.07, 6.45) is 2.41. The van der Waals surface area contributed by atoms with Crippen molar-refractivity contribution in [2.75, 3.05) is 0 Å². The Balaban J connectivity index is 2.61. The smallest absolute Gasteiger partial charge is 0.337 e. The lowest BCUT2D eigenvalue weighted by Gasteiger charge is -2.03. The van der Waals surface area contributed by atoms with Crippen LogP contribution in [0.15, 0.2) is 0 Å². The summed E-state index contributed by atoms with van der Waals surface area (Å²) in [5, 5.41) is 9.07. The molecule has 2 rings (SSSR count). The number of aromatic nitrogens is 1. The van der Waals surface area contributed by atoms with Gasteiger partial charge in [-0.05, 0) is 38.2 Å². The Hall–Kier alpha value is -1.25. The van der Waals surface area contributed by atoms with Gasteiger partial charge in [-0.2, -0.15) is 0 Å². The van der Waals surface area contributed by atoms with Crippen molar-refractivity contribution in [1.29, 1.82) is 0 Å². The van der Waals surface area contributed by atoms with Crippen LogP contribution in [0.25, 0.3) is 0 Å². The summed E-state index contributed by atoms with van der Waals surface area (Å²) in [6, 6.07) is 0. The van der Waals surface area contributed by atoms with Crippen LogP contribution in [0.2, 0.25) is 0 Å². The third-order valence-electron chi connectivity index (χ3n) is 3.16. The summed E-state index contributed by atoms with van der Waals surface area (Å²) in [5.74, 6) is -0.200. The Morgan fingerprint density at radius 1 is 1.43 bits per heavy atom. The molecule has 14 heavy (non-hydrogen) atoms. The SMILES string of the molecule is Cc1c(C(=O)O)c(C)n(C)c1C1CC1. The van der Waals surface area contributed by atoms with E-state index in [9.17, 15) is 4.79 Å². The fourth-order valence-electron chi connectivity index (χ4n) is 2.25. The molecule has 0 amide bonds. The van der Waals surface area contributed by atoms with Gasteiger partial charge < -0.3 is 9.67 Å². The maximum absolute atomic E-state index is 11.0. The van der Waals surface area contributed by atoms with E-state index in [0.29, 0.717) is 11.5 Å². The van der Waals surface area contributed by atoms with Crippen LogP contribution >= 0.6 is 0 Å². The number of aromatic carboxylic acids is 1. The summed E-state index contributed by atoms with van der Waals surface area (Å²) in [4.78, 5) is 11.0. The van der Waals surface area contributed by atoms with Gasteiger partial charge in [0.1, 0.15) is 0 Å². The van der Waals surface area contributed by atoms with Gasteiger partial charge in [0.15, 0.2) is 0 Å². The highest BCUT2D eigenvalue weighted by Crippen LogP contribution is 2.43. The van der Waals surface area contributed by atoms with Crippen molar-refractivity contribution < 1.29 is 9.90 Å². The molecule has 0 radical (unpaired) electrons. The second kappa shape index (κ2) is 2.87. The number of carbonyl (C=O) groups is 1. The summed E-state index contributed by atoms with van der Waals surface area (Å²) in [5.41, 5.74) is 3.55. The molecule has 3 nitrogen and oxygen atoms in total. The van der Waals surface area contributed by atoms with Crippen LogP contribution in [0, 0.1) is 13.8 Å². The van der Waals surface area contributed by atoms with Crippen molar-refractivity contribution in [1.82, 2.24) is 4.57 Å². The molecule has 1 aliphatic carbocycles. The second-order valence-corrected chi connectivity index (χ2v) is 4.11. The van der Waals surface area contributed by atoms with Gasteiger partial charge in [-0.15, -0.1) is 0 Å². The van der Waals surface area contributed by atoms with E-state index in [1.54, 1.807) is 0 Å². The number of hydrogen-bond acceptors (Lipinski definition) is 1. The first-order valence-corrected chi connectivity index (χ1v) is 4.93. The molecule has 1 aliphatic rings. The maximum Gasteiger partial charge on any atom is 0.337 e. The minimum absolute atomic E-state index is 0.495. The number of carboxylic acids is 1. The van der Waals surface area contributed by atoms with Gasteiger partial charge in [-0.25, -0.2) is 4.79 Å². The molecular weight excluding hydrogens is 178 g/mol. The lowest BCUT2D eigenvalue weighted by molar-refractivity contribution is 0.0695. The Labute approximate surface area is 83.4 Å². The number of rotatable bonds is 2. The topological polar surface area (TPSA) is 42.2 Å². The molecule has 0 saturated heterocycles. The fraction of sp³-hybridized carbons (Fsp3) is 0.545. The van der Waals surface area contributed by atoms with Crippen LogP contribution in [0.3, 0.4) is 0 Å². The molecule has 0 spiro atoms. The van der Waals surface area contributed by atoms with Crippen LogP contribution in [-0.4, -0.2) is 15.6 Å². The van der Waals surface area contributed by atoms with Crippen molar-refractivity contribution in [3.63, 3.8) is 0 Å². The van der Waals surface area contributed by atoms with Crippen molar-refractivity contribution in [3.8, 4) is 0 Å². The molecule has 0 unspecified atom stereocenters. The molecule has 1 N–H and O–H groups in total. The monoisotopic (exact) mass is 193 g/mol. The van der Waals surface area contributed by atoms with E-state index in [1.165, 1.54) is 18.5 Å². The molecule has 0 aliphatic heterocycles. The van der Waals surface area contributed by atoms with Gasteiger partial charge in [0, 0.05) is 18.4 Å². The summed E-state index contributed by atoms with van der Waals surface area (Å²) < 4.78 is 2.04. The van der Waals surface area contributed by atoms with Crippen LogP contribution in [-0.2, 0) is 7.05 Å². The lowest BCUT2D eigenvalue weighted by atomic mass is 10.1. The van der Waals surface area contributed by atoms with E-state index in [-0.39, 0.29) is 0 Å². The number of carboxylic acid groups (broad SMARTS) is 1. The van der Waals surface area contributed by atoms with E-state index in [1.807, 2.05) is 25.5 Å². The fourth-order valence-corrected chi connectivity index (χ4v) is 2.25. The van der Waals surface area contributed by atoms with Gasteiger partial charge >= 0.3 is 5.97 Å². The maximum atomic E-state index is 11.0. The van der Waals surface area contributed by atoms with Crippen molar-refractivity contribution in [2.24, 2.45) is 7.05 Å². The van der Waals surface area contributed by atoms with Crippen LogP contribution in [0.5, 0.6) is 0 Å². The number of hydrogen-bond donors (Lipinski definition) is 1. The number of nitrogens with zero attached hydrogens (tertiary/aromatic N) is 1. The van der Waals surface area contributed by atoms with Gasteiger partial charge in [-0.3, -0.25) is 0 Å². The van der Waals surface area contributed by atoms with Crippen LogP contribution in [0.4, 0.5) is 0 Å². The molecule has 1 heterocycles. The molecule has 0 aromatic carbocycles. The zero-order chi connectivity index (χ0) is 10.5. The highest BCUT2D eigenvalue weighted by atomic mass is 16.4.